The van der Waals surface area contributed by atoms with E-state index in [1.165, 1.54) is 18.5 Å². The number of aromatic amines is 1. The maximum Gasteiger partial charge on any atom is 0.335 e. The van der Waals surface area contributed by atoms with Crippen LogP contribution >= 0.6 is 11.6 Å². The molecular weight excluding hydrogens is 420 g/mol. The number of rotatable bonds is 5. The molecule has 0 radical (unpaired) electrons. The van der Waals surface area contributed by atoms with Crippen LogP contribution in [0.5, 0.6) is 0 Å². The molecule has 0 atom stereocenters. The van der Waals surface area contributed by atoms with Gasteiger partial charge in [-0.1, -0.05) is 35.9 Å². The molecule has 1 aliphatic heterocycles. The number of nitrogens with zero attached hydrogens (tertiary/aromatic N) is 1. The van der Waals surface area contributed by atoms with E-state index >= 15 is 0 Å². The largest absolute Gasteiger partial charge is 0.478 e. The molecule has 0 amide bonds. The molecule has 2 heterocycles. The Morgan fingerprint density at radius 3 is 2.50 bits per heavy atom. The van der Waals surface area contributed by atoms with E-state index in [4.69, 9.17) is 11.6 Å². The van der Waals surface area contributed by atoms with Crippen molar-refractivity contribution in [1.82, 2.24) is 4.98 Å². The molecule has 0 aliphatic carbocycles. The summed E-state index contributed by atoms with van der Waals surface area (Å²) in [7, 11) is 0. The van der Waals surface area contributed by atoms with Gasteiger partial charge in [0.15, 0.2) is 0 Å². The van der Waals surface area contributed by atoms with E-state index < -0.39 is 5.97 Å². The Labute approximate surface area is 192 Å². The fraction of sp³-hybridized carbons (Fsp3) is 0.222. The molecule has 0 bridgehead atoms. The van der Waals surface area contributed by atoms with Gasteiger partial charge in [-0.25, -0.2) is 4.79 Å². The average Bonchev–Trinajstić information content (AvgIpc) is 3.44. The summed E-state index contributed by atoms with van der Waals surface area (Å²) < 4.78 is 0. The van der Waals surface area contributed by atoms with Crippen molar-refractivity contribution in [2.45, 2.75) is 26.2 Å². The van der Waals surface area contributed by atoms with Gasteiger partial charge in [-0.15, -0.1) is 0 Å². The predicted molar refractivity (Wildman–Crippen MR) is 131 cm³/mol. The fourth-order valence-corrected chi connectivity index (χ4v) is 4.87. The first-order valence-corrected chi connectivity index (χ1v) is 11.3. The molecule has 5 rings (SSSR count). The zero-order valence-electron chi connectivity index (χ0n) is 18.0. The van der Waals surface area contributed by atoms with Crippen LogP contribution in [0.25, 0.3) is 22.0 Å². The summed E-state index contributed by atoms with van der Waals surface area (Å²) in [5.74, 6) is -0.895. The van der Waals surface area contributed by atoms with Crippen molar-refractivity contribution in [3.8, 4) is 11.1 Å². The van der Waals surface area contributed by atoms with Crippen LogP contribution in [0, 0.1) is 6.92 Å². The Bertz CT molecular complexity index is 1300. The molecule has 1 aliphatic rings. The average molecular weight is 445 g/mol. The zero-order valence-corrected chi connectivity index (χ0v) is 18.7. The van der Waals surface area contributed by atoms with Gasteiger partial charge in [0.1, 0.15) is 0 Å². The van der Waals surface area contributed by atoms with E-state index in [-0.39, 0.29) is 0 Å². The van der Waals surface area contributed by atoms with Crippen molar-refractivity contribution in [3.63, 3.8) is 0 Å². The zero-order chi connectivity index (χ0) is 22.2. The summed E-state index contributed by atoms with van der Waals surface area (Å²) in [6.07, 6.45) is 3.16. The molecular formula is C27H25ClN2O2. The van der Waals surface area contributed by atoms with E-state index in [9.17, 15) is 9.90 Å². The second-order valence-corrected chi connectivity index (χ2v) is 8.99. The van der Waals surface area contributed by atoms with Gasteiger partial charge in [-0.05, 0) is 72.9 Å². The molecule has 1 aromatic heterocycles. The lowest BCUT2D eigenvalue weighted by Gasteiger charge is -2.18. The van der Waals surface area contributed by atoms with Crippen LogP contribution in [-0.2, 0) is 6.42 Å². The molecule has 0 spiro atoms. The molecule has 162 valence electrons. The first-order valence-electron chi connectivity index (χ1n) is 11.0. The minimum atomic E-state index is -0.895. The van der Waals surface area contributed by atoms with Crippen LogP contribution in [0.2, 0.25) is 5.02 Å². The van der Waals surface area contributed by atoms with Gasteiger partial charge in [0.25, 0.3) is 0 Å². The fourth-order valence-electron chi connectivity index (χ4n) is 4.59. The van der Waals surface area contributed by atoms with Gasteiger partial charge in [0.05, 0.1) is 5.56 Å². The van der Waals surface area contributed by atoms with Crippen molar-refractivity contribution >= 4 is 34.2 Å². The number of fused-ring (bicyclic) bond motifs is 1. The summed E-state index contributed by atoms with van der Waals surface area (Å²) in [6, 6.07) is 20.4. The first-order chi connectivity index (χ1) is 15.5. The number of aromatic nitrogens is 1. The van der Waals surface area contributed by atoms with Gasteiger partial charge in [-0.2, -0.15) is 0 Å². The summed E-state index contributed by atoms with van der Waals surface area (Å²) in [4.78, 5) is 17.4. The SMILES string of the molecule is Cc1ccc(Cc2cc3cc(Cl)c(-c4ccc(N5CCCC5)cc4)cc3[nH]2)cc1C(=O)O. The van der Waals surface area contributed by atoms with E-state index in [1.54, 1.807) is 6.07 Å². The molecule has 1 saturated heterocycles. The molecule has 0 unspecified atom stereocenters. The van der Waals surface area contributed by atoms with Gasteiger partial charge < -0.3 is 15.0 Å². The molecule has 2 N–H and O–H groups in total. The summed E-state index contributed by atoms with van der Waals surface area (Å²) in [5.41, 5.74) is 7.50. The van der Waals surface area contributed by atoms with Crippen LogP contribution in [-0.4, -0.2) is 29.1 Å². The van der Waals surface area contributed by atoms with E-state index in [2.05, 4.69) is 46.3 Å². The third kappa shape index (κ3) is 3.98. The second kappa shape index (κ2) is 8.36. The van der Waals surface area contributed by atoms with Gasteiger partial charge >= 0.3 is 5.97 Å². The van der Waals surface area contributed by atoms with Crippen LogP contribution in [0.4, 0.5) is 5.69 Å². The van der Waals surface area contributed by atoms with Crippen molar-refractivity contribution in [2.75, 3.05) is 18.0 Å². The molecule has 0 saturated carbocycles. The minimum Gasteiger partial charge on any atom is -0.478 e. The number of benzene rings is 3. The van der Waals surface area contributed by atoms with Gasteiger partial charge in [0, 0.05) is 52.4 Å². The maximum atomic E-state index is 11.4. The number of anilines is 1. The van der Waals surface area contributed by atoms with Crippen molar-refractivity contribution < 1.29 is 9.90 Å². The number of halogens is 1. The van der Waals surface area contributed by atoms with Gasteiger partial charge in [0.2, 0.25) is 0 Å². The lowest BCUT2D eigenvalue weighted by molar-refractivity contribution is 0.0696. The standard InChI is InChI=1S/C27H25ClN2O2/c1-17-4-5-18(13-23(17)27(31)32)12-21-14-20-15-25(28)24(16-26(20)29-21)19-6-8-22(9-7-19)30-10-2-3-11-30/h4-9,13-16,29H,2-3,10-12H2,1H3,(H,31,32). The number of hydrogen-bond donors (Lipinski definition) is 2. The quantitative estimate of drug-likeness (QED) is 0.360. The number of aryl methyl sites for hydroxylation is 1. The summed E-state index contributed by atoms with van der Waals surface area (Å²) in [5, 5.41) is 11.2. The molecule has 1 fully saturated rings. The Hall–Kier alpha value is -3.24. The van der Waals surface area contributed by atoms with Crippen molar-refractivity contribution in [2.24, 2.45) is 0 Å². The molecule has 4 nitrogen and oxygen atoms in total. The Kier molecular flexibility index (Phi) is 5.40. The second-order valence-electron chi connectivity index (χ2n) is 8.59. The first kappa shape index (κ1) is 20.7. The van der Waals surface area contributed by atoms with Crippen LogP contribution in [0.3, 0.4) is 0 Å². The molecule has 3 aromatic carbocycles. The third-order valence-corrected chi connectivity index (χ3v) is 6.65. The lowest BCUT2D eigenvalue weighted by Crippen LogP contribution is -2.17. The van der Waals surface area contributed by atoms with Crippen molar-refractivity contribution in [1.29, 1.82) is 0 Å². The number of nitrogens with one attached hydrogen (secondary N) is 1. The molecule has 32 heavy (non-hydrogen) atoms. The third-order valence-electron chi connectivity index (χ3n) is 6.34. The Morgan fingerprint density at radius 1 is 1.03 bits per heavy atom. The normalized spacial score (nSPS) is 13.8. The van der Waals surface area contributed by atoms with Crippen LogP contribution in [0.15, 0.2) is 60.7 Å². The number of carbonyl (C=O) groups is 1. The summed E-state index contributed by atoms with van der Waals surface area (Å²) in [6.45, 7) is 4.08. The summed E-state index contributed by atoms with van der Waals surface area (Å²) >= 11 is 6.66. The minimum absolute atomic E-state index is 0.348. The highest BCUT2D eigenvalue weighted by Gasteiger charge is 2.14. The van der Waals surface area contributed by atoms with Crippen molar-refractivity contribution in [3.05, 3.63) is 88.1 Å². The predicted octanol–water partition coefficient (Wildman–Crippen LogP) is 6.69. The number of hydrogen-bond acceptors (Lipinski definition) is 2. The highest BCUT2D eigenvalue weighted by Crippen LogP contribution is 2.34. The molecule has 5 heteroatoms. The van der Waals surface area contributed by atoms with E-state index in [0.29, 0.717) is 12.0 Å². The highest BCUT2D eigenvalue weighted by atomic mass is 35.5. The van der Waals surface area contributed by atoms with E-state index in [0.717, 1.165) is 57.0 Å². The number of H-pyrrole nitrogens is 1. The highest BCUT2D eigenvalue weighted by molar-refractivity contribution is 6.34. The smallest absolute Gasteiger partial charge is 0.335 e. The van der Waals surface area contributed by atoms with Crippen LogP contribution < -0.4 is 4.90 Å². The number of carboxylic acid groups (broad SMARTS) is 1. The number of carboxylic acids is 1. The molecule has 4 aromatic rings. The Balaban J connectivity index is 1.43. The Morgan fingerprint density at radius 2 is 1.78 bits per heavy atom. The van der Waals surface area contributed by atoms with E-state index in [1.807, 2.05) is 25.1 Å². The number of aromatic carboxylic acids is 1. The maximum absolute atomic E-state index is 11.4. The van der Waals surface area contributed by atoms with Gasteiger partial charge in [-0.3, -0.25) is 0 Å². The lowest BCUT2D eigenvalue weighted by atomic mass is 10.0. The van der Waals surface area contributed by atoms with Crippen LogP contribution in [0.1, 0.15) is 40.0 Å². The topological polar surface area (TPSA) is 56.3 Å². The monoisotopic (exact) mass is 444 g/mol.